The van der Waals surface area contributed by atoms with E-state index in [0.29, 0.717) is 22.9 Å². The number of hydrogen-bond donors (Lipinski definition) is 0. The van der Waals surface area contributed by atoms with Crippen LogP contribution >= 0.6 is 27.5 Å². The molecule has 0 radical (unpaired) electrons. The van der Waals surface area contributed by atoms with E-state index in [1.54, 1.807) is 31.2 Å². The third kappa shape index (κ3) is 5.42. The maximum atomic E-state index is 14.8. The van der Waals surface area contributed by atoms with Gasteiger partial charge in [0.25, 0.3) is 10.0 Å². The van der Waals surface area contributed by atoms with Crippen LogP contribution in [-0.4, -0.2) is 20.4 Å². The first kappa shape index (κ1) is 24.5. The molecule has 0 unspecified atom stereocenters. The van der Waals surface area contributed by atoms with Crippen molar-refractivity contribution in [1.29, 1.82) is 0 Å². The molecule has 0 aromatic heterocycles. The average molecular weight is 545 g/mol. The zero-order valence-electron chi connectivity index (χ0n) is 17.1. The maximum Gasteiger partial charge on any atom is 0.264 e. The van der Waals surface area contributed by atoms with Crippen LogP contribution in [0.25, 0.3) is 0 Å². The Morgan fingerprint density at radius 3 is 2.44 bits per heavy atom. The highest BCUT2D eigenvalue weighted by molar-refractivity contribution is 9.09. The van der Waals surface area contributed by atoms with Gasteiger partial charge in [-0.25, -0.2) is 17.2 Å². The number of ether oxygens (including phenoxy) is 1. The molecule has 170 valence electrons. The Morgan fingerprint density at radius 2 is 1.75 bits per heavy atom. The number of hydrogen-bond acceptors (Lipinski definition) is 3. The molecule has 9 heteroatoms. The van der Waals surface area contributed by atoms with Crippen LogP contribution in [0, 0.1) is 11.6 Å². The van der Waals surface area contributed by atoms with Crippen LogP contribution < -0.4 is 9.04 Å². The molecule has 0 aliphatic carbocycles. The van der Waals surface area contributed by atoms with Crippen molar-refractivity contribution in [2.45, 2.75) is 24.3 Å². The molecule has 3 rings (SSSR count). The molecule has 0 fully saturated rings. The van der Waals surface area contributed by atoms with Gasteiger partial charge in [0.2, 0.25) is 0 Å². The SMILES string of the molecule is C[C@H](c1ccccc1OCCCBr)N(c1cc(F)ccc1F)S(=O)(=O)c1ccc(Cl)cc1. The summed E-state index contributed by atoms with van der Waals surface area (Å²) in [6.07, 6.45) is 0.744. The molecule has 0 bridgehead atoms. The zero-order valence-corrected chi connectivity index (χ0v) is 20.3. The number of alkyl halides is 1. The van der Waals surface area contributed by atoms with Gasteiger partial charge in [-0.3, -0.25) is 4.31 Å². The normalized spacial score (nSPS) is 12.4. The van der Waals surface area contributed by atoms with Gasteiger partial charge < -0.3 is 4.74 Å². The second-order valence-corrected chi connectivity index (χ2v) is 10.00. The van der Waals surface area contributed by atoms with Crippen molar-refractivity contribution in [2.24, 2.45) is 0 Å². The monoisotopic (exact) mass is 543 g/mol. The molecule has 0 saturated heterocycles. The lowest BCUT2D eigenvalue weighted by Gasteiger charge is -2.32. The minimum atomic E-state index is -4.29. The number of benzene rings is 3. The van der Waals surface area contributed by atoms with E-state index in [9.17, 15) is 17.2 Å². The van der Waals surface area contributed by atoms with Gasteiger partial charge in [0.15, 0.2) is 0 Å². The molecule has 3 aromatic rings. The Bertz CT molecular complexity index is 1180. The molecule has 3 aromatic carbocycles. The van der Waals surface area contributed by atoms with Crippen LogP contribution in [0.15, 0.2) is 71.6 Å². The second kappa shape index (κ2) is 10.6. The lowest BCUT2D eigenvalue weighted by molar-refractivity contribution is 0.314. The highest BCUT2D eigenvalue weighted by atomic mass is 79.9. The lowest BCUT2D eigenvalue weighted by Crippen LogP contribution is -2.34. The first-order valence-corrected chi connectivity index (χ1v) is 12.7. The molecule has 32 heavy (non-hydrogen) atoms. The fourth-order valence-corrected chi connectivity index (χ4v) is 5.23. The molecule has 0 aliphatic heterocycles. The van der Waals surface area contributed by atoms with E-state index >= 15 is 0 Å². The van der Waals surface area contributed by atoms with Gasteiger partial charge >= 0.3 is 0 Å². The van der Waals surface area contributed by atoms with Crippen molar-refractivity contribution in [3.8, 4) is 5.75 Å². The first-order valence-electron chi connectivity index (χ1n) is 9.78. The van der Waals surface area contributed by atoms with Crippen LogP contribution in [0.1, 0.15) is 24.9 Å². The highest BCUT2D eigenvalue weighted by Gasteiger charge is 2.34. The number of nitrogens with zero attached hydrogens (tertiary/aromatic N) is 1. The summed E-state index contributed by atoms with van der Waals surface area (Å²) in [6.45, 7) is 2.01. The summed E-state index contributed by atoms with van der Waals surface area (Å²) >= 11 is 9.25. The average Bonchev–Trinajstić information content (AvgIpc) is 2.77. The largest absolute Gasteiger partial charge is 0.493 e. The number of halogens is 4. The first-order chi connectivity index (χ1) is 15.3. The number of sulfonamides is 1. The summed E-state index contributed by atoms with van der Waals surface area (Å²) in [4.78, 5) is -0.102. The quantitative estimate of drug-likeness (QED) is 0.221. The fraction of sp³-hybridized carbons (Fsp3) is 0.217. The summed E-state index contributed by atoms with van der Waals surface area (Å²) in [7, 11) is -4.29. The van der Waals surface area contributed by atoms with Crippen LogP contribution in [0.4, 0.5) is 14.5 Å². The number of para-hydroxylation sites is 1. The zero-order chi connectivity index (χ0) is 23.3. The minimum Gasteiger partial charge on any atom is -0.493 e. The van der Waals surface area contributed by atoms with Gasteiger partial charge in [0.1, 0.15) is 17.4 Å². The predicted octanol–water partition coefficient (Wildman–Crippen LogP) is 6.74. The molecule has 0 heterocycles. The topological polar surface area (TPSA) is 46.6 Å². The number of anilines is 1. The van der Waals surface area contributed by atoms with E-state index in [2.05, 4.69) is 15.9 Å². The minimum absolute atomic E-state index is 0.102. The molecular formula is C23H21BrClF2NO3S. The smallest absolute Gasteiger partial charge is 0.264 e. The molecule has 0 amide bonds. The van der Waals surface area contributed by atoms with Crippen LogP contribution in [0.2, 0.25) is 5.02 Å². The Labute approximate surface area is 200 Å². The van der Waals surface area contributed by atoms with Crippen molar-refractivity contribution in [1.82, 2.24) is 0 Å². The summed E-state index contributed by atoms with van der Waals surface area (Å²) < 4.78 is 62.9. The van der Waals surface area contributed by atoms with Crippen LogP contribution in [0.3, 0.4) is 0 Å². The molecular weight excluding hydrogens is 524 g/mol. The third-order valence-electron chi connectivity index (χ3n) is 4.77. The lowest BCUT2D eigenvalue weighted by atomic mass is 10.1. The summed E-state index contributed by atoms with van der Waals surface area (Å²) in [6, 6.07) is 14.2. The Hall–Kier alpha value is -2.16. The van der Waals surface area contributed by atoms with E-state index in [-0.39, 0.29) is 4.90 Å². The van der Waals surface area contributed by atoms with E-state index in [1.807, 2.05) is 0 Å². The van der Waals surface area contributed by atoms with Crippen molar-refractivity contribution in [3.05, 3.63) is 89.0 Å². The Morgan fingerprint density at radius 1 is 1.06 bits per heavy atom. The molecule has 0 aliphatic rings. The van der Waals surface area contributed by atoms with E-state index < -0.39 is 33.4 Å². The van der Waals surface area contributed by atoms with Gasteiger partial charge in [0.05, 0.1) is 23.2 Å². The fourth-order valence-electron chi connectivity index (χ4n) is 3.24. The predicted molar refractivity (Wildman–Crippen MR) is 126 cm³/mol. The molecule has 0 saturated carbocycles. The van der Waals surface area contributed by atoms with Crippen LogP contribution in [0.5, 0.6) is 5.75 Å². The number of rotatable bonds is 9. The second-order valence-electron chi connectivity index (χ2n) is 6.96. The van der Waals surface area contributed by atoms with Gasteiger partial charge in [-0.1, -0.05) is 45.7 Å². The molecule has 4 nitrogen and oxygen atoms in total. The molecule has 0 spiro atoms. The summed E-state index contributed by atoms with van der Waals surface area (Å²) in [5.41, 5.74) is 0.117. The van der Waals surface area contributed by atoms with Crippen LogP contribution in [-0.2, 0) is 10.0 Å². The van der Waals surface area contributed by atoms with Gasteiger partial charge in [-0.15, -0.1) is 0 Å². The third-order valence-corrected chi connectivity index (χ3v) is 7.48. The summed E-state index contributed by atoms with van der Waals surface area (Å²) in [5, 5.41) is 1.10. The van der Waals surface area contributed by atoms with E-state index in [0.717, 1.165) is 34.3 Å². The van der Waals surface area contributed by atoms with E-state index in [1.165, 1.54) is 24.3 Å². The summed E-state index contributed by atoms with van der Waals surface area (Å²) in [5.74, 6) is -1.16. The molecule has 1 atom stereocenters. The standard InChI is InChI=1S/C23H21BrClF2NO3S/c1-16(20-5-2-3-6-23(20)31-14-4-13-24)28(22-15-18(26)9-12-21(22)27)32(29,30)19-10-7-17(25)8-11-19/h2-3,5-12,15-16H,4,13-14H2,1H3/t16-/m1/s1. The van der Waals surface area contributed by atoms with Gasteiger partial charge in [0, 0.05) is 22.0 Å². The van der Waals surface area contributed by atoms with Gasteiger partial charge in [-0.05, 0) is 55.8 Å². The highest BCUT2D eigenvalue weighted by Crippen LogP contribution is 2.38. The van der Waals surface area contributed by atoms with Crippen molar-refractivity contribution in [2.75, 3.05) is 16.2 Å². The Kier molecular flexibility index (Phi) is 8.14. The molecule has 0 N–H and O–H groups in total. The van der Waals surface area contributed by atoms with Crippen molar-refractivity contribution >= 4 is 43.2 Å². The van der Waals surface area contributed by atoms with Gasteiger partial charge in [-0.2, -0.15) is 0 Å². The van der Waals surface area contributed by atoms with E-state index in [4.69, 9.17) is 16.3 Å². The van der Waals surface area contributed by atoms with Crippen molar-refractivity contribution in [3.63, 3.8) is 0 Å². The van der Waals surface area contributed by atoms with Crippen molar-refractivity contribution < 1.29 is 21.9 Å². The maximum absolute atomic E-state index is 14.8. The Balaban J connectivity index is 2.16.